The molecule has 0 aliphatic heterocycles. The molecule has 0 bridgehead atoms. The Morgan fingerprint density at radius 2 is 1.80 bits per heavy atom. The van der Waals surface area contributed by atoms with Gasteiger partial charge in [-0.15, -0.1) is 0 Å². The van der Waals surface area contributed by atoms with E-state index in [4.69, 9.17) is 9.47 Å². The minimum atomic E-state index is -0.962. The fourth-order valence-electron chi connectivity index (χ4n) is 3.42. The summed E-state index contributed by atoms with van der Waals surface area (Å²) in [6.45, 7) is 8.22. The molecule has 3 rings (SSSR count). The first-order valence-corrected chi connectivity index (χ1v) is 9.98. The SMILES string of the molecule is COc1ccc(OC)c(C(O)C(C)NC(=O)c2cc3cc(C(C)(C)C)ccc3[nH]2)c1. The molecule has 2 aromatic carbocycles. The normalized spacial score (nSPS) is 13.7. The van der Waals surface area contributed by atoms with Crippen LogP contribution in [0.1, 0.15) is 55.4 Å². The van der Waals surface area contributed by atoms with Crippen LogP contribution in [0, 0.1) is 0 Å². The smallest absolute Gasteiger partial charge is 0.268 e. The second kappa shape index (κ2) is 8.40. The number of nitrogens with one attached hydrogen (secondary N) is 2. The highest BCUT2D eigenvalue weighted by Gasteiger charge is 2.24. The molecule has 0 aliphatic carbocycles. The van der Waals surface area contributed by atoms with Crippen molar-refractivity contribution in [2.75, 3.05) is 14.2 Å². The lowest BCUT2D eigenvalue weighted by molar-refractivity contribution is 0.0843. The van der Waals surface area contributed by atoms with Gasteiger partial charge in [-0.1, -0.05) is 26.8 Å². The van der Waals surface area contributed by atoms with Crippen LogP contribution in [0.3, 0.4) is 0 Å². The van der Waals surface area contributed by atoms with Gasteiger partial charge in [-0.25, -0.2) is 0 Å². The molecule has 6 nitrogen and oxygen atoms in total. The maximum atomic E-state index is 12.8. The summed E-state index contributed by atoms with van der Waals surface area (Å²) in [7, 11) is 3.10. The summed E-state index contributed by atoms with van der Waals surface area (Å²) in [5, 5.41) is 14.7. The molecule has 0 fully saturated rings. The predicted molar refractivity (Wildman–Crippen MR) is 118 cm³/mol. The van der Waals surface area contributed by atoms with Gasteiger partial charge in [-0.3, -0.25) is 4.79 Å². The summed E-state index contributed by atoms with van der Waals surface area (Å²) < 4.78 is 10.6. The number of benzene rings is 2. The third-order valence-corrected chi connectivity index (χ3v) is 5.32. The molecule has 2 atom stereocenters. The fourth-order valence-corrected chi connectivity index (χ4v) is 3.42. The van der Waals surface area contributed by atoms with E-state index in [0.29, 0.717) is 22.8 Å². The van der Waals surface area contributed by atoms with Crippen molar-refractivity contribution in [3.63, 3.8) is 0 Å². The van der Waals surface area contributed by atoms with Crippen LogP contribution in [-0.2, 0) is 5.41 Å². The van der Waals surface area contributed by atoms with Crippen molar-refractivity contribution in [2.45, 2.75) is 45.3 Å². The van der Waals surface area contributed by atoms with Gasteiger partial charge < -0.3 is 24.9 Å². The Hall–Kier alpha value is -2.99. The van der Waals surface area contributed by atoms with Crippen molar-refractivity contribution in [1.29, 1.82) is 0 Å². The van der Waals surface area contributed by atoms with Crippen LogP contribution in [0.5, 0.6) is 11.5 Å². The largest absolute Gasteiger partial charge is 0.497 e. The van der Waals surface area contributed by atoms with E-state index in [2.05, 4.69) is 43.2 Å². The maximum absolute atomic E-state index is 12.8. The van der Waals surface area contributed by atoms with E-state index < -0.39 is 12.1 Å². The molecule has 0 spiro atoms. The van der Waals surface area contributed by atoms with Crippen LogP contribution in [0.4, 0.5) is 0 Å². The molecular formula is C24H30N2O4. The molecule has 1 aromatic heterocycles. The van der Waals surface area contributed by atoms with Gasteiger partial charge in [-0.2, -0.15) is 0 Å². The zero-order valence-electron chi connectivity index (χ0n) is 18.4. The van der Waals surface area contributed by atoms with Gasteiger partial charge in [0.25, 0.3) is 5.91 Å². The van der Waals surface area contributed by atoms with Crippen LogP contribution in [0.15, 0.2) is 42.5 Å². The molecule has 3 aromatic rings. The minimum Gasteiger partial charge on any atom is -0.497 e. The number of aliphatic hydroxyl groups excluding tert-OH is 1. The number of aromatic nitrogens is 1. The number of H-pyrrole nitrogens is 1. The fraction of sp³-hybridized carbons (Fsp3) is 0.375. The van der Waals surface area contributed by atoms with E-state index in [-0.39, 0.29) is 11.3 Å². The topological polar surface area (TPSA) is 83.6 Å². The maximum Gasteiger partial charge on any atom is 0.268 e. The summed E-state index contributed by atoms with van der Waals surface area (Å²) in [5.74, 6) is 0.857. The summed E-state index contributed by atoms with van der Waals surface area (Å²) in [4.78, 5) is 16.0. The number of carbonyl (C=O) groups excluding carboxylic acids is 1. The van der Waals surface area contributed by atoms with Gasteiger partial charge in [0.1, 0.15) is 23.3 Å². The van der Waals surface area contributed by atoms with Crippen molar-refractivity contribution < 1.29 is 19.4 Å². The monoisotopic (exact) mass is 410 g/mol. The number of methoxy groups -OCH3 is 2. The molecule has 6 heteroatoms. The summed E-state index contributed by atoms with van der Waals surface area (Å²) in [5.41, 5.74) is 3.14. The summed E-state index contributed by atoms with van der Waals surface area (Å²) in [6, 6.07) is 12.7. The van der Waals surface area contributed by atoms with E-state index in [1.54, 1.807) is 32.2 Å². The lowest BCUT2D eigenvalue weighted by Gasteiger charge is -2.22. The average Bonchev–Trinajstić information content (AvgIpc) is 3.15. The Bertz CT molecular complexity index is 1050. The van der Waals surface area contributed by atoms with Crippen molar-refractivity contribution in [2.24, 2.45) is 0 Å². The van der Waals surface area contributed by atoms with Crippen LogP contribution in [-0.4, -0.2) is 36.3 Å². The second-order valence-corrected chi connectivity index (χ2v) is 8.55. The van der Waals surface area contributed by atoms with Crippen LogP contribution >= 0.6 is 0 Å². The lowest BCUT2D eigenvalue weighted by atomic mass is 9.86. The van der Waals surface area contributed by atoms with Gasteiger partial charge in [0.15, 0.2) is 0 Å². The quantitative estimate of drug-likeness (QED) is 0.565. The van der Waals surface area contributed by atoms with Crippen molar-refractivity contribution >= 4 is 16.8 Å². The molecule has 0 aliphatic rings. The number of amides is 1. The standard InChI is InChI=1S/C24H30N2O4/c1-14(22(27)18-13-17(29-5)8-10-21(18)30-6)25-23(28)20-12-15-11-16(24(2,3)4)7-9-19(15)26-20/h7-14,22,26-27H,1-6H3,(H,25,28). The third-order valence-electron chi connectivity index (χ3n) is 5.32. The zero-order chi connectivity index (χ0) is 22.1. The Balaban J connectivity index is 1.80. The first-order valence-electron chi connectivity index (χ1n) is 9.98. The van der Waals surface area contributed by atoms with Gasteiger partial charge in [-0.05, 0) is 54.3 Å². The predicted octanol–water partition coefficient (Wildman–Crippen LogP) is 4.33. The number of hydrogen-bond acceptors (Lipinski definition) is 4. The number of hydrogen-bond donors (Lipinski definition) is 3. The third kappa shape index (κ3) is 4.44. The molecule has 2 unspecified atom stereocenters. The van der Waals surface area contributed by atoms with E-state index in [1.165, 1.54) is 12.7 Å². The van der Waals surface area contributed by atoms with E-state index in [0.717, 1.165) is 10.9 Å². The minimum absolute atomic E-state index is 0.0301. The Labute approximate surface area is 177 Å². The average molecular weight is 411 g/mol. The van der Waals surface area contributed by atoms with Gasteiger partial charge >= 0.3 is 0 Å². The van der Waals surface area contributed by atoms with Gasteiger partial charge in [0.05, 0.1) is 20.3 Å². The van der Waals surface area contributed by atoms with Crippen molar-refractivity contribution in [1.82, 2.24) is 10.3 Å². The lowest BCUT2D eigenvalue weighted by Crippen LogP contribution is -2.37. The second-order valence-electron chi connectivity index (χ2n) is 8.55. The highest BCUT2D eigenvalue weighted by molar-refractivity contribution is 5.98. The molecule has 160 valence electrons. The number of fused-ring (bicyclic) bond motifs is 1. The van der Waals surface area contributed by atoms with E-state index in [1.807, 2.05) is 12.1 Å². The molecule has 30 heavy (non-hydrogen) atoms. The first-order chi connectivity index (χ1) is 14.1. The summed E-state index contributed by atoms with van der Waals surface area (Å²) >= 11 is 0. The van der Waals surface area contributed by atoms with Gasteiger partial charge in [0.2, 0.25) is 0 Å². The highest BCUT2D eigenvalue weighted by atomic mass is 16.5. The summed E-state index contributed by atoms with van der Waals surface area (Å²) in [6.07, 6.45) is -0.962. The number of carbonyl (C=O) groups is 1. The van der Waals surface area contributed by atoms with Gasteiger partial charge in [0, 0.05) is 16.5 Å². The highest BCUT2D eigenvalue weighted by Crippen LogP contribution is 2.31. The Morgan fingerprint density at radius 3 is 2.43 bits per heavy atom. The Kier molecular flexibility index (Phi) is 6.08. The molecule has 1 amide bonds. The number of rotatable bonds is 6. The number of aromatic amines is 1. The van der Waals surface area contributed by atoms with E-state index >= 15 is 0 Å². The molecule has 3 N–H and O–H groups in total. The Morgan fingerprint density at radius 1 is 1.07 bits per heavy atom. The molecule has 0 saturated carbocycles. The van der Waals surface area contributed by atoms with Crippen molar-refractivity contribution in [3.05, 3.63) is 59.3 Å². The van der Waals surface area contributed by atoms with Crippen molar-refractivity contribution in [3.8, 4) is 11.5 Å². The molecule has 1 heterocycles. The molecular weight excluding hydrogens is 380 g/mol. The first kappa shape index (κ1) is 21.7. The number of aliphatic hydroxyl groups is 1. The van der Waals surface area contributed by atoms with E-state index in [9.17, 15) is 9.90 Å². The van der Waals surface area contributed by atoms with Crippen LogP contribution in [0.2, 0.25) is 0 Å². The number of ether oxygens (including phenoxy) is 2. The molecule has 0 radical (unpaired) electrons. The van der Waals surface area contributed by atoms with Crippen LogP contribution in [0.25, 0.3) is 10.9 Å². The molecule has 0 saturated heterocycles. The van der Waals surface area contributed by atoms with Crippen LogP contribution < -0.4 is 14.8 Å². The zero-order valence-corrected chi connectivity index (χ0v) is 18.4.